The van der Waals surface area contributed by atoms with Gasteiger partial charge in [0.05, 0.1) is 5.02 Å². The first-order valence-corrected chi connectivity index (χ1v) is 6.22. The van der Waals surface area contributed by atoms with E-state index < -0.39 is 10.0 Å². The van der Waals surface area contributed by atoms with Crippen LogP contribution in [0.3, 0.4) is 0 Å². The van der Waals surface area contributed by atoms with E-state index in [1.165, 1.54) is 6.07 Å². The maximum absolute atomic E-state index is 11.5. The minimum atomic E-state index is -3.60. The lowest BCUT2D eigenvalue weighted by atomic mass is 10.5. The Hall–Kier alpha value is -0.110. The molecule has 0 atom stereocenters. The van der Waals surface area contributed by atoms with E-state index >= 15 is 0 Å². The zero-order valence-electron chi connectivity index (χ0n) is 7.98. The summed E-state index contributed by atoms with van der Waals surface area (Å²) in [7, 11) is -3.60. The maximum atomic E-state index is 11.5. The van der Waals surface area contributed by atoms with Crippen LogP contribution in [0.2, 0.25) is 10.2 Å². The van der Waals surface area contributed by atoms with Crippen molar-refractivity contribution in [2.75, 3.05) is 13.1 Å². The highest BCUT2D eigenvalue weighted by Crippen LogP contribution is 2.21. The normalized spacial score (nSPS) is 10.9. The molecule has 1 aromatic rings. The van der Waals surface area contributed by atoms with Crippen molar-refractivity contribution in [3.8, 4) is 0 Å². The highest BCUT2D eigenvalue weighted by atomic mass is 35.5. The smallest absolute Gasteiger partial charge is 0.242 e. The average Bonchev–Trinajstić information content (AvgIpc) is 2.19. The van der Waals surface area contributed by atoms with Crippen LogP contribution in [0.15, 0.2) is 17.2 Å². The van der Waals surface area contributed by atoms with Crippen molar-refractivity contribution in [1.29, 1.82) is 0 Å². The monoisotopic (exact) mass is 305 g/mol. The average molecular weight is 307 g/mol. The molecule has 0 fully saturated rings. The molecular formula is C7H10Cl3N3O2S. The zero-order valence-corrected chi connectivity index (χ0v) is 11.1. The van der Waals surface area contributed by atoms with Gasteiger partial charge in [-0.1, -0.05) is 23.2 Å². The Kier molecular flexibility index (Phi) is 6.54. The van der Waals surface area contributed by atoms with Crippen LogP contribution in [0.1, 0.15) is 0 Å². The fourth-order valence-electron chi connectivity index (χ4n) is 0.827. The van der Waals surface area contributed by atoms with Crippen molar-refractivity contribution in [1.82, 2.24) is 9.71 Å². The predicted molar refractivity (Wildman–Crippen MR) is 65.7 cm³/mol. The van der Waals surface area contributed by atoms with Crippen molar-refractivity contribution < 1.29 is 8.42 Å². The summed E-state index contributed by atoms with van der Waals surface area (Å²) in [5.41, 5.74) is 5.18. The van der Waals surface area contributed by atoms with Crippen molar-refractivity contribution in [2.24, 2.45) is 5.73 Å². The molecule has 0 unspecified atom stereocenters. The zero-order chi connectivity index (χ0) is 11.5. The molecule has 9 heteroatoms. The van der Waals surface area contributed by atoms with Gasteiger partial charge in [0.1, 0.15) is 10.0 Å². The van der Waals surface area contributed by atoms with Gasteiger partial charge in [-0.25, -0.2) is 18.1 Å². The Morgan fingerprint density at radius 2 is 2.06 bits per heavy atom. The van der Waals surface area contributed by atoms with Crippen molar-refractivity contribution in [2.45, 2.75) is 4.90 Å². The van der Waals surface area contributed by atoms with Crippen LogP contribution in [0, 0.1) is 0 Å². The Morgan fingerprint density at radius 3 is 2.56 bits per heavy atom. The molecule has 3 N–H and O–H groups in total. The van der Waals surface area contributed by atoms with Crippen LogP contribution < -0.4 is 10.5 Å². The predicted octanol–water partition coefficient (Wildman–Crippen LogP) is 1.05. The quantitative estimate of drug-likeness (QED) is 0.814. The van der Waals surface area contributed by atoms with Crippen molar-refractivity contribution in [3.63, 3.8) is 0 Å². The number of nitrogens with two attached hydrogens (primary N) is 1. The van der Waals surface area contributed by atoms with Crippen LogP contribution in [-0.4, -0.2) is 26.5 Å². The number of aromatic nitrogens is 1. The van der Waals surface area contributed by atoms with Crippen LogP contribution >= 0.6 is 35.6 Å². The van der Waals surface area contributed by atoms with Gasteiger partial charge in [0, 0.05) is 19.3 Å². The Bertz CT molecular complexity index is 452. The Morgan fingerprint density at radius 1 is 1.44 bits per heavy atom. The van der Waals surface area contributed by atoms with E-state index in [2.05, 4.69) is 9.71 Å². The van der Waals surface area contributed by atoms with Crippen LogP contribution in [0.4, 0.5) is 0 Å². The minimum Gasteiger partial charge on any atom is -0.329 e. The fourth-order valence-corrected chi connectivity index (χ4v) is 2.18. The molecule has 0 amide bonds. The molecular weight excluding hydrogens is 297 g/mol. The number of rotatable bonds is 4. The lowest BCUT2D eigenvalue weighted by molar-refractivity contribution is 0.582. The van der Waals surface area contributed by atoms with Crippen LogP contribution in [-0.2, 0) is 10.0 Å². The molecule has 0 saturated carbocycles. The van der Waals surface area contributed by atoms with Gasteiger partial charge in [0.15, 0.2) is 0 Å². The standard InChI is InChI=1S/C7H9Cl2N3O2S.ClH/c8-6-3-5(4-11-7(6)9)15(13,14)12-2-1-10;/h3-4,12H,1-2,10H2;1H. The molecule has 0 aliphatic carbocycles. The molecule has 1 aromatic heterocycles. The van der Waals surface area contributed by atoms with E-state index in [1.807, 2.05) is 0 Å². The Labute approximate surface area is 110 Å². The number of nitrogens with zero attached hydrogens (tertiary/aromatic N) is 1. The molecule has 0 radical (unpaired) electrons. The van der Waals surface area contributed by atoms with E-state index in [1.54, 1.807) is 0 Å². The highest BCUT2D eigenvalue weighted by molar-refractivity contribution is 7.89. The number of halogens is 3. The molecule has 0 spiro atoms. The first kappa shape index (κ1) is 15.9. The van der Waals surface area contributed by atoms with Gasteiger partial charge in [0.2, 0.25) is 10.0 Å². The summed E-state index contributed by atoms with van der Waals surface area (Å²) in [6.45, 7) is 0.372. The molecule has 5 nitrogen and oxygen atoms in total. The van der Waals surface area contributed by atoms with Gasteiger partial charge in [0.25, 0.3) is 0 Å². The number of hydrogen-bond donors (Lipinski definition) is 2. The second-order valence-electron chi connectivity index (χ2n) is 2.63. The summed E-state index contributed by atoms with van der Waals surface area (Å²) in [5, 5.41) is 0.154. The van der Waals surface area contributed by atoms with Crippen LogP contribution in [0.5, 0.6) is 0 Å². The third-order valence-corrected chi connectivity index (χ3v) is 3.63. The van der Waals surface area contributed by atoms with Crippen molar-refractivity contribution in [3.05, 3.63) is 22.4 Å². The third kappa shape index (κ3) is 4.04. The molecule has 0 aliphatic rings. The summed E-state index contributed by atoms with van der Waals surface area (Å²) in [6.07, 6.45) is 1.13. The SMILES string of the molecule is Cl.NCCNS(=O)(=O)c1cnc(Cl)c(Cl)c1. The number of nitrogens with one attached hydrogen (secondary N) is 1. The lowest BCUT2D eigenvalue weighted by Gasteiger charge is -2.05. The third-order valence-electron chi connectivity index (χ3n) is 1.52. The first-order chi connectivity index (χ1) is 6.97. The largest absolute Gasteiger partial charge is 0.329 e. The topological polar surface area (TPSA) is 85.1 Å². The Balaban J connectivity index is 0.00000225. The van der Waals surface area contributed by atoms with E-state index in [0.717, 1.165) is 6.20 Å². The van der Waals surface area contributed by atoms with E-state index in [0.29, 0.717) is 0 Å². The van der Waals surface area contributed by atoms with E-state index in [-0.39, 0.29) is 40.6 Å². The maximum Gasteiger partial charge on any atom is 0.242 e. The lowest BCUT2D eigenvalue weighted by Crippen LogP contribution is -2.29. The van der Waals surface area contributed by atoms with E-state index in [9.17, 15) is 8.42 Å². The molecule has 92 valence electrons. The summed E-state index contributed by atoms with van der Waals surface area (Å²) >= 11 is 11.2. The number of hydrogen-bond acceptors (Lipinski definition) is 4. The van der Waals surface area contributed by atoms with Gasteiger partial charge < -0.3 is 5.73 Å². The first-order valence-electron chi connectivity index (χ1n) is 3.98. The molecule has 0 saturated heterocycles. The number of sulfonamides is 1. The molecule has 1 heterocycles. The van der Waals surface area contributed by atoms with Crippen molar-refractivity contribution >= 4 is 45.6 Å². The van der Waals surface area contributed by atoms with Gasteiger partial charge in [-0.3, -0.25) is 0 Å². The molecule has 16 heavy (non-hydrogen) atoms. The summed E-state index contributed by atoms with van der Waals surface area (Å²) in [4.78, 5) is 3.60. The molecule has 0 aliphatic heterocycles. The molecule has 1 rings (SSSR count). The fraction of sp³-hybridized carbons (Fsp3) is 0.286. The summed E-state index contributed by atoms with van der Waals surface area (Å²) in [6, 6.07) is 1.23. The highest BCUT2D eigenvalue weighted by Gasteiger charge is 2.15. The summed E-state index contributed by atoms with van der Waals surface area (Å²) < 4.78 is 25.4. The van der Waals surface area contributed by atoms with Crippen LogP contribution in [0.25, 0.3) is 0 Å². The van der Waals surface area contributed by atoms with Gasteiger partial charge in [-0.2, -0.15) is 0 Å². The van der Waals surface area contributed by atoms with Gasteiger partial charge in [-0.05, 0) is 6.07 Å². The van der Waals surface area contributed by atoms with Gasteiger partial charge >= 0.3 is 0 Å². The molecule has 0 bridgehead atoms. The minimum absolute atomic E-state index is 0. The van der Waals surface area contributed by atoms with Gasteiger partial charge in [-0.15, -0.1) is 12.4 Å². The molecule has 0 aromatic carbocycles. The number of pyridine rings is 1. The second-order valence-corrected chi connectivity index (χ2v) is 5.16. The second kappa shape index (κ2) is 6.58. The summed E-state index contributed by atoms with van der Waals surface area (Å²) in [5.74, 6) is 0. The van der Waals surface area contributed by atoms with E-state index in [4.69, 9.17) is 28.9 Å².